The molecule has 1 unspecified atom stereocenters. The summed E-state index contributed by atoms with van der Waals surface area (Å²) in [6, 6.07) is 0. The van der Waals surface area contributed by atoms with Crippen molar-refractivity contribution in [3.63, 3.8) is 0 Å². The van der Waals surface area contributed by atoms with E-state index in [-0.39, 0.29) is 11.3 Å². The van der Waals surface area contributed by atoms with Gasteiger partial charge in [-0.15, -0.1) is 0 Å². The van der Waals surface area contributed by atoms with Crippen LogP contribution < -0.4 is 0 Å². The van der Waals surface area contributed by atoms with Gasteiger partial charge in [0.15, 0.2) is 0 Å². The summed E-state index contributed by atoms with van der Waals surface area (Å²) in [5, 5.41) is 5.39. The van der Waals surface area contributed by atoms with Crippen molar-refractivity contribution in [3.05, 3.63) is 27.1 Å². The van der Waals surface area contributed by atoms with Gasteiger partial charge in [0.1, 0.15) is 12.0 Å². The van der Waals surface area contributed by atoms with Gasteiger partial charge < -0.3 is 4.74 Å². The fourth-order valence-electron chi connectivity index (χ4n) is 2.39. The van der Waals surface area contributed by atoms with E-state index >= 15 is 0 Å². The lowest BCUT2D eigenvalue weighted by Gasteiger charge is -2.22. The van der Waals surface area contributed by atoms with Gasteiger partial charge in [0.2, 0.25) is 0 Å². The molecule has 2 heterocycles. The number of rotatable bonds is 1. The van der Waals surface area contributed by atoms with E-state index in [0.29, 0.717) is 15.6 Å². The minimum atomic E-state index is -0.421. The average molecular weight is 378 g/mol. The van der Waals surface area contributed by atoms with Crippen LogP contribution in [0.1, 0.15) is 44.9 Å². The molecule has 2 aromatic rings. The maximum atomic E-state index is 13.9. The monoisotopic (exact) mass is 376 g/mol. The van der Waals surface area contributed by atoms with Gasteiger partial charge in [0.25, 0.3) is 0 Å². The molecule has 3 rings (SSSR count). The summed E-state index contributed by atoms with van der Waals surface area (Å²) in [5.74, 6) is -0.421. The molecular formula is C15H19BrClFN2O. The summed E-state index contributed by atoms with van der Waals surface area (Å²) in [6.45, 7) is 6.44. The Balaban J connectivity index is 0.000000774. The van der Waals surface area contributed by atoms with Crippen LogP contribution in [0.2, 0.25) is 5.02 Å². The van der Waals surface area contributed by atoms with Gasteiger partial charge in [0, 0.05) is 23.8 Å². The number of fused-ring (bicyclic) bond motifs is 1. The molecule has 0 bridgehead atoms. The fraction of sp³-hybridized carbons (Fsp3) is 0.533. The Hall–Kier alpha value is -0.650. The summed E-state index contributed by atoms with van der Waals surface area (Å²) in [7, 11) is 0. The Kier molecular flexibility index (Phi) is 5.63. The molecular weight excluding hydrogens is 359 g/mol. The van der Waals surface area contributed by atoms with Gasteiger partial charge in [0.05, 0.1) is 15.0 Å². The van der Waals surface area contributed by atoms with Crippen LogP contribution in [0.25, 0.3) is 10.9 Å². The molecule has 1 aliphatic rings. The van der Waals surface area contributed by atoms with E-state index in [1.54, 1.807) is 11.6 Å². The van der Waals surface area contributed by atoms with Gasteiger partial charge in [-0.2, -0.15) is 5.10 Å². The second-order valence-electron chi connectivity index (χ2n) is 4.76. The van der Waals surface area contributed by atoms with Crippen LogP contribution in [0.3, 0.4) is 0 Å². The van der Waals surface area contributed by atoms with Crippen LogP contribution in [-0.4, -0.2) is 16.4 Å². The van der Waals surface area contributed by atoms with Crippen molar-refractivity contribution in [1.29, 1.82) is 0 Å². The highest BCUT2D eigenvalue weighted by molar-refractivity contribution is 9.10. The normalized spacial score (nSPS) is 18.5. The number of ether oxygens (including phenoxy) is 1. The lowest BCUT2D eigenvalue weighted by atomic mass is 10.1. The molecule has 1 aromatic heterocycles. The maximum absolute atomic E-state index is 13.9. The Morgan fingerprint density at radius 2 is 2.14 bits per heavy atom. The highest BCUT2D eigenvalue weighted by Crippen LogP contribution is 2.36. The van der Waals surface area contributed by atoms with Gasteiger partial charge in [-0.1, -0.05) is 25.4 Å². The molecule has 0 saturated carbocycles. The molecule has 3 nitrogen and oxygen atoms in total. The Morgan fingerprint density at radius 3 is 2.76 bits per heavy atom. The SMILES string of the molecule is CC.Cc1c(F)c(Cl)c(Br)c2cn(C3CCCCO3)nc12. The molecule has 21 heavy (non-hydrogen) atoms. The minimum Gasteiger partial charge on any atom is -0.357 e. The predicted octanol–water partition coefficient (Wildman–Crippen LogP) is 5.63. The molecule has 0 aliphatic carbocycles. The summed E-state index contributed by atoms with van der Waals surface area (Å²) >= 11 is 9.30. The molecule has 0 N–H and O–H groups in total. The number of benzene rings is 1. The van der Waals surface area contributed by atoms with Crippen molar-refractivity contribution in [1.82, 2.24) is 9.78 Å². The van der Waals surface area contributed by atoms with Crippen LogP contribution in [0.4, 0.5) is 4.39 Å². The fourth-order valence-corrected chi connectivity index (χ4v) is 3.10. The molecule has 0 spiro atoms. The largest absolute Gasteiger partial charge is 0.357 e. The number of hydrogen-bond donors (Lipinski definition) is 0. The lowest BCUT2D eigenvalue weighted by molar-refractivity contribution is -0.0390. The average Bonchev–Trinajstić information content (AvgIpc) is 2.99. The van der Waals surface area contributed by atoms with E-state index in [9.17, 15) is 4.39 Å². The van der Waals surface area contributed by atoms with Crippen LogP contribution in [-0.2, 0) is 4.74 Å². The van der Waals surface area contributed by atoms with Crippen molar-refractivity contribution in [2.24, 2.45) is 0 Å². The first-order chi connectivity index (χ1) is 10.1. The zero-order valence-corrected chi connectivity index (χ0v) is 14.8. The summed E-state index contributed by atoms with van der Waals surface area (Å²) in [6.07, 6.45) is 4.94. The van der Waals surface area contributed by atoms with Gasteiger partial charge in [-0.25, -0.2) is 9.07 Å². The molecule has 0 radical (unpaired) electrons. The molecule has 1 atom stereocenters. The molecule has 1 aliphatic heterocycles. The van der Waals surface area contributed by atoms with Crippen LogP contribution in [0, 0.1) is 12.7 Å². The van der Waals surface area contributed by atoms with Gasteiger partial charge >= 0.3 is 0 Å². The third kappa shape index (κ3) is 3.10. The molecule has 1 fully saturated rings. The van der Waals surface area contributed by atoms with E-state index in [0.717, 1.165) is 31.3 Å². The van der Waals surface area contributed by atoms with E-state index < -0.39 is 5.82 Å². The number of nitrogens with zero attached hydrogens (tertiary/aromatic N) is 2. The van der Waals surface area contributed by atoms with Gasteiger partial charge in [-0.05, 0) is 42.1 Å². The molecule has 116 valence electrons. The maximum Gasteiger partial charge on any atom is 0.150 e. The van der Waals surface area contributed by atoms with Crippen molar-refractivity contribution >= 4 is 38.4 Å². The Labute approximate surface area is 137 Å². The third-order valence-electron chi connectivity index (χ3n) is 3.49. The highest BCUT2D eigenvalue weighted by Gasteiger charge is 2.21. The zero-order valence-electron chi connectivity index (χ0n) is 12.4. The van der Waals surface area contributed by atoms with E-state index in [4.69, 9.17) is 16.3 Å². The second-order valence-corrected chi connectivity index (χ2v) is 5.93. The third-order valence-corrected chi connectivity index (χ3v) is 4.90. The first kappa shape index (κ1) is 16.7. The Bertz CT molecular complexity index is 593. The summed E-state index contributed by atoms with van der Waals surface area (Å²) in [4.78, 5) is 0. The van der Waals surface area contributed by atoms with Crippen LogP contribution >= 0.6 is 27.5 Å². The Morgan fingerprint density at radius 1 is 1.43 bits per heavy atom. The van der Waals surface area contributed by atoms with Crippen LogP contribution in [0.15, 0.2) is 10.7 Å². The van der Waals surface area contributed by atoms with Gasteiger partial charge in [-0.3, -0.25) is 0 Å². The highest BCUT2D eigenvalue weighted by atomic mass is 79.9. The first-order valence-corrected chi connectivity index (χ1v) is 8.40. The number of halogens is 3. The van der Waals surface area contributed by atoms with E-state index in [2.05, 4.69) is 21.0 Å². The van der Waals surface area contributed by atoms with Crippen molar-refractivity contribution in [2.75, 3.05) is 6.61 Å². The molecule has 6 heteroatoms. The van der Waals surface area contributed by atoms with E-state index in [1.807, 2.05) is 20.0 Å². The molecule has 1 aromatic carbocycles. The van der Waals surface area contributed by atoms with Crippen molar-refractivity contribution < 1.29 is 9.13 Å². The number of aryl methyl sites for hydroxylation is 1. The summed E-state index contributed by atoms with van der Waals surface area (Å²) in [5.41, 5.74) is 1.10. The minimum absolute atomic E-state index is 0.0608. The smallest absolute Gasteiger partial charge is 0.150 e. The zero-order chi connectivity index (χ0) is 15.6. The predicted molar refractivity (Wildman–Crippen MR) is 87.3 cm³/mol. The summed E-state index contributed by atoms with van der Waals surface area (Å²) < 4.78 is 21.9. The molecule has 1 saturated heterocycles. The second kappa shape index (κ2) is 7.07. The number of aromatic nitrogens is 2. The van der Waals surface area contributed by atoms with Crippen molar-refractivity contribution in [2.45, 2.75) is 46.3 Å². The van der Waals surface area contributed by atoms with Crippen molar-refractivity contribution in [3.8, 4) is 0 Å². The molecule has 0 amide bonds. The topological polar surface area (TPSA) is 27.1 Å². The quantitative estimate of drug-likeness (QED) is 0.603. The van der Waals surface area contributed by atoms with E-state index in [1.165, 1.54) is 0 Å². The van der Waals surface area contributed by atoms with Crippen LogP contribution in [0.5, 0.6) is 0 Å². The number of hydrogen-bond acceptors (Lipinski definition) is 2. The lowest BCUT2D eigenvalue weighted by Crippen LogP contribution is -2.18. The standard InChI is InChI=1S/C13H13BrClFN2O.C2H6/c1-7-12(16)11(15)10(14)8-6-18(17-13(7)8)9-4-2-3-5-19-9;1-2/h6,9H,2-5H2,1H3;1-2H3. The first-order valence-electron chi connectivity index (χ1n) is 7.23.